The van der Waals surface area contributed by atoms with Crippen LogP contribution in [0.5, 0.6) is 11.5 Å². The van der Waals surface area contributed by atoms with Gasteiger partial charge in [-0.1, -0.05) is 273 Å². The smallest absolute Gasteiger partial charge is 0.356 e. The molecule has 0 spiro atoms. The predicted octanol–water partition coefficient (Wildman–Crippen LogP) is 18.1. The van der Waals surface area contributed by atoms with Crippen molar-refractivity contribution < 1.29 is 85.1 Å². The van der Waals surface area contributed by atoms with Gasteiger partial charge in [-0.25, -0.2) is 15.0 Å². The summed E-state index contributed by atoms with van der Waals surface area (Å²) >= 11 is 23.7. The van der Waals surface area contributed by atoms with E-state index in [9.17, 15) is 23.4 Å². The molecule has 6 aromatic carbocycles. The molecule has 0 saturated carbocycles. The number of aliphatic hydroxyl groups is 3. The van der Waals surface area contributed by atoms with Gasteiger partial charge < -0.3 is 106 Å². The molecule has 0 fully saturated rings. The highest BCUT2D eigenvalue weighted by Gasteiger charge is 2.41. The number of aromatic amines is 1. The maximum Gasteiger partial charge on any atom is 0.356 e. The number of nitrogens with zero attached hydrogens (tertiary/aromatic N) is 12. The van der Waals surface area contributed by atoms with E-state index >= 15 is 0 Å². The van der Waals surface area contributed by atoms with Crippen LogP contribution in [0.4, 0.5) is 17.8 Å². The van der Waals surface area contributed by atoms with Gasteiger partial charge in [-0.2, -0.15) is 24.9 Å². The zero-order valence-electron chi connectivity index (χ0n) is 83.9. The van der Waals surface area contributed by atoms with Crippen molar-refractivity contribution in [2.45, 2.75) is 163 Å². The molecule has 34 nitrogen and oxygen atoms in total. The van der Waals surface area contributed by atoms with Crippen LogP contribution in [0.3, 0.4) is 0 Å². The van der Waals surface area contributed by atoms with E-state index in [1.54, 1.807) is 40.5 Å². The molecule has 0 aliphatic heterocycles. The molecule has 0 aliphatic rings. The van der Waals surface area contributed by atoms with Gasteiger partial charge in [0.2, 0.25) is 17.8 Å². The summed E-state index contributed by atoms with van der Waals surface area (Å²) in [6.45, 7) is 26.1. The topological polar surface area (TPSA) is 439 Å². The number of aromatic nitrogens is 12. The van der Waals surface area contributed by atoms with Gasteiger partial charge in [0.05, 0.1) is 124 Å². The largest absolute Gasteiger partial charge is 0.777 e. The molecule has 790 valence electrons. The van der Waals surface area contributed by atoms with Crippen LogP contribution in [0.2, 0.25) is 10.3 Å². The number of aliphatic hydroxyl groups excluding tert-OH is 3. The lowest BCUT2D eigenvalue weighted by Gasteiger charge is -2.39. The van der Waals surface area contributed by atoms with E-state index < -0.39 is 64.7 Å². The second-order valence-corrected chi connectivity index (χ2v) is 48.8. The summed E-state index contributed by atoms with van der Waals surface area (Å²) in [5.41, 5.74) is 11.3. The van der Waals surface area contributed by atoms with Crippen molar-refractivity contribution in [1.82, 2.24) is 58.6 Å². The summed E-state index contributed by atoms with van der Waals surface area (Å²) in [7, 11) is -5.63. The SMILES string of the molecule is CCCC[N+](CCCC)(CCCC)CCCC.CCCSSCCO.COc1ccc(C(Nc2nc(Cl)c3ncn(CCOCP(=O)(OC(C)C)OC(C)C)c3n2)(c2ccccc2)c2ccccc2)cc1.COc1ccc(C(Nc2nc(Cl)c3ncn(CCOCP(=O)([O-])O)c3n2)(c2ccccc2)c2ccccc2)cc1.Nc1nc2c(ncn2CCOCP(=O)(OCCS(=S)CCO)OCCS(=S)CCO)c(=O)[nH]1. The van der Waals surface area contributed by atoms with Crippen LogP contribution in [-0.4, -0.2) is 242 Å². The van der Waals surface area contributed by atoms with Crippen molar-refractivity contribution in [2.24, 2.45) is 0 Å². The van der Waals surface area contributed by atoms with Gasteiger partial charge >= 0.3 is 15.2 Å². The van der Waals surface area contributed by atoms with E-state index in [0.29, 0.717) is 70.1 Å². The number of nitrogen functional groups attached to an aromatic ring is 1. The number of halogens is 2. The number of H-pyrrole nitrogens is 1. The normalized spacial score (nSPS) is 13.1. The zero-order valence-corrected chi connectivity index (χ0v) is 93.0. The van der Waals surface area contributed by atoms with Crippen LogP contribution in [0.25, 0.3) is 33.5 Å². The van der Waals surface area contributed by atoms with Gasteiger partial charge in [-0.3, -0.25) is 18.9 Å². The highest BCUT2D eigenvalue weighted by molar-refractivity contribution is 8.76. The van der Waals surface area contributed by atoms with Crippen LogP contribution >= 0.6 is 67.6 Å². The minimum absolute atomic E-state index is 0.00640. The third-order valence-electron chi connectivity index (χ3n) is 22.1. The Morgan fingerprint density at radius 1 is 0.472 bits per heavy atom. The first-order valence-corrected chi connectivity index (χ1v) is 61.6. The van der Waals surface area contributed by atoms with Crippen molar-refractivity contribution in [3.8, 4) is 11.5 Å². The molecular weight excluding hydrogens is 2060 g/mol. The van der Waals surface area contributed by atoms with E-state index in [2.05, 4.69) is 104 Å². The number of ether oxygens (including phenoxy) is 5. The van der Waals surface area contributed by atoms with Crippen molar-refractivity contribution in [3.05, 3.63) is 243 Å². The first-order valence-electron chi connectivity index (χ1n) is 48.1. The Morgan fingerprint density at radius 2 is 0.812 bits per heavy atom. The molecule has 0 amide bonds. The van der Waals surface area contributed by atoms with E-state index in [4.69, 9.17) is 123 Å². The lowest BCUT2D eigenvalue weighted by molar-refractivity contribution is -0.929. The van der Waals surface area contributed by atoms with E-state index in [0.717, 1.165) is 50.6 Å². The summed E-state index contributed by atoms with van der Waals surface area (Å²) in [5, 5.41) is 33.9. The number of methoxy groups -OCH3 is 2. The molecule has 0 saturated heterocycles. The Morgan fingerprint density at radius 3 is 1.15 bits per heavy atom. The molecule has 0 aliphatic carbocycles. The van der Waals surface area contributed by atoms with Crippen LogP contribution in [0, 0.1) is 0 Å². The number of nitrogens with two attached hydrogens (primary N) is 1. The molecule has 12 aromatic rings. The minimum Gasteiger partial charge on any atom is -0.777 e. The number of rotatable bonds is 60. The lowest BCUT2D eigenvalue weighted by Crippen LogP contribution is -2.50. The molecule has 0 bridgehead atoms. The highest BCUT2D eigenvalue weighted by atomic mass is 35.5. The predicted molar refractivity (Wildman–Crippen MR) is 589 cm³/mol. The molecule has 9 N–H and O–H groups in total. The van der Waals surface area contributed by atoms with E-state index in [1.165, 1.54) is 107 Å². The first kappa shape index (κ1) is 122. The van der Waals surface area contributed by atoms with E-state index in [1.807, 2.05) is 189 Å². The summed E-state index contributed by atoms with van der Waals surface area (Å²) < 4.78 is 93.4. The summed E-state index contributed by atoms with van der Waals surface area (Å²) in [4.78, 5) is 69.9. The average molecular weight is 2200 g/mol. The Balaban J connectivity index is 0.000000238. The zero-order chi connectivity index (χ0) is 104. The molecule has 6 aromatic heterocycles. The Labute approximate surface area is 877 Å². The summed E-state index contributed by atoms with van der Waals surface area (Å²) in [6, 6.07) is 55.8. The van der Waals surface area contributed by atoms with Crippen molar-refractivity contribution in [2.75, 3.05) is 163 Å². The maximum atomic E-state index is 13.2. The molecule has 0 radical (unpaired) electrons. The molecule has 3 atom stereocenters. The molecule has 45 heteroatoms. The number of fused-ring (bicyclic) bond motifs is 3. The Kier molecular flexibility index (Phi) is 54.1. The maximum absolute atomic E-state index is 13.2. The fourth-order valence-electron chi connectivity index (χ4n) is 15.3. The van der Waals surface area contributed by atoms with Crippen molar-refractivity contribution in [3.63, 3.8) is 0 Å². The number of imidazole rings is 3. The van der Waals surface area contributed by atoms with Gasteiger partial charge in [0.1, 0.15) is 52.7 Å². The Hall–Kier alpha value is -7.64. The number of hydrogen-bond acceptors (Lipinski definition) is 32. The minimum atomic E-state index is -4.51. The number of benzene rings is 6. The van der Waals surface area contributed by atoms with Crippen LogP contribution in [0.15, 0.2) is 194 Å². The number of unbranched alkanes of at least 4 members (excludes halogenated alkanes) is 4. The van der Waals surface area contributed by atoms with Gasteiger partial charge in [0, 0.05) is 54.2 Å². The third kappa shape index (κ3) is 38.7. The monoisotopic (exact) mass is 2200 g/mol. The quantitative estimate of drug-likeness (QED) is 0.00438. The van der Waals surface area contributed by atoms with Crippen molar-refractivity contribution in [1.29, 1.82) is 0 Å². The number of quaternary nitrogens is 1. The lowest BCUT2D eigenvalue weighted by atomic mass is 9.77. The fraction of sp³-hybridized carbons (Fsp3) is 0.485. The third-order valence-corrected chi connectivity index (χ3v) is 33.8. The van der Waals surface area contributed by atoms with Crippen molar-refractivity contribution >= 4 is 160 Å². The fourth-order valence-corrected chi connectivity index (χ4v) is 23.6. The van der Waals surface area contributed by atoms with Gasteiger partial charge in [-0.15, -0.1) is 18.9 Å². The Bertz CT molecular complexity index is 5840. The van der Waals surface area contributed by atoms with Crippen LogP contribution < -0.4 is 36.3 Å². The van der Waals surface area contributed by atoms with Crippen LogP contribution in [-0.2, 0) is 118 Å². The summed E-state index contributed by atoms with van der Waals surface area (Å²) in [6.07, 6.45) is 15.1. The number of hydrogen-bond donors (Lipinski definition) is 8. The van der Waals surface area contributed by atoms with Gasteiger partial charge in [0.25, 0.3) is 5.56 Å². The van der Waals surface area contributed by atoms with Gasteiger partial charge in [-0.05, 0) is 117 Å². The first-order chi connectivity index (χ1) is 69.4. The standard InChI is InChI=1S/C34H39ClN5O5P.C28H27ClN5O5P.C16H28N5O7PS4.C16H36N.C5H12OS2/c1-24(2)44-46(41,45-25(3)4)23-43-21-20-40-22-36-30-31(35)37-33(38-32(30)40)39-34(26-12-8-6-9-13-26,27-14-10-7-11-15-27)28-16-18-29(42-5)19-17-28;1-38-23-14-12-22(13-15-23)28(20-8-4-2-5-9-20,21-10-6-3-7-11-21)33-27-31-25(29)24-26(32-27)34(18-30-24)16-17-39-19-40(35,36)37;17-16-19-14-13(15(24)20-16)18-11-21(14)1-4-26-12-29(25,27-5-9-32(30)7-2-22)28-6-10-33(31)8-3-23;1-5-9-13-17(14-10-6-2,15-11-7-3)16-12-8-4;1-2-4-7-8-5-3-6/h6-19,22,24-25H,20-21,23H2,1-5H3,(H,37,38,39);2-15,18H,16-17,19H2,1H3,(H,31,32,33)(H2,35,36,37);11,22-23H,1-10,12H2,(H3,17,19,20,24);5-16H2,1-4H3;6H,2-5H2,1H3/q;;;+1;/p-1. The molecule has 6 heterocycles. The second kappa shape index (κ2) is 64.0. The number of nitrogens with one attached hydrogen (secondary N) is 3. The molecule has 12 rings (SSSR count). The number of anilines is 3. The van der Waals surface area contributed by atoms with Gasteiger partial charge in [0.15, 0.2) is 40.4 Å². The van der Waals surface area contributed by atoms with E-state index in [-0.39, 0.29) is 112 Å². The summed E-state index contributed by atoms with van der Waals surface area (Å²) in [5.74, 6) is 5.94. The van der Waals surface area contributed by atoms with Crippen LogP contribution in [0.1, 0.15) is 153 Å². The average Bonchev–Trinajstić information content (AvgIpc) is 1.09. The molecular formula is C99H141Cl2N16O18P3S6. The molecule has 3 unspecified atom stereocenters. The molecule has 144 heavy (non-hydrogen) atoms. The second-order valence-electron chi connectivity index (χ2n) is 33.7. The highest BCUT2D eigenvalue weighted by Crippen LogP contribution is 2.51.